The lowest BCUT2D eigenvalue weighted by atomic mass is 10.1. The first-order valence-electron chi connectivity index (χ1n) is 6.08. The van der Waals surface area contributed by atoms with Gasteiger partial charge in [0.05, 0.1) is 17.3 Å². The highest BCUT2D eigenvalue weighted by Gasteiger charge is 2.21. The predicted octanol–water partition coefficient (Wildman–Crippen LogP) is 2.27. The summed E-state index contributed by atoms with van der Waals surface area (Å²) >= 11 is 0. The second-order valence-corrected chi connectivity index (χ2v) is 4.45. The Morgan fingerprint density at radius 3 is 3.11 bits per heavy atom. The highest BCUT2D eigenvalue weighted by atomic mass is 16.5. The van der Waals surface area contributed by atoms with Gasteiger partial charge in [0.2, 0.25) is 0 Å². The molecule has 2 aromatic heterocycles. The van der Waals surface area contributed by atoms with E-state index in [1.165, 1.54) is 0 Å². The van der Waals surface area contributed by atoms with E-state index in [9.17, 15) is 4.79 Å². The Labute approximate surface area is 104 Å². The fourth-order valence-electron chi connectivity index (χ4n) is 2.41. The Kier molecular flexibility index (Phi) is 2.76. The summed E-state index contributed by atoms with van der Waals surface area (Å²) in [6.45, 7) is 0.748. The first-order chi connectivity index (χ1) is 8.77. The second-order valence-electron chi connectivity index (χ2n) is 4.45. The van der Waals surface area contributed by atoms with Gasteiger partial charge in [0.1, 0.15) is 11.9 Å². The van der Waals surface area contributed by atoms with Crippen molar-refractivity contribution in [3.05, 3.63) is 35.9 Å². The van der Waals surface area contributed by atoms with Gasteiger partial charge >= 0.3 is 5.97 Å². The van der Waals surface area contributed by atoms with Crippen LogP contribution in [0.4, 0.5) is 0 Å². The van der Waals surface area contributed by atoms with Crippen molar-refractivity contribution in [3.8, 4) is 0 Å². The number of carboxylic acid groups (broad SMARTS) is 1. The number of hydrogen-bond acceptors (Lipinski definition) is 3. The number of ether oxygens (including phenoxy) is 1. The molecule has 1 atom stereocenters. The highest BCUT2D eigenvalue weighted by molar-refractivity contribution is 5.95. The van der Waals surface area contributed by atoms with Crippen LogP contribution < -0.4 is 0 Å². The lowest BCUT2D eigenvalue weighted by Gasteiger charge is -2.21. The molecule has 0 bridgehead atoms. The van der Waals surface area contributed by atoms with Gasteiger partial charge in [-0.2, -0.15) is 0 Å². The third-order valence-electron chi connectivity index (χ3n) is 3.30. The molecule has 1 fully saturated rings. The molecule has 1 N–H and O–H groups in total. The van der Waals surface area contributed by atoms with E-state index in [4.69, 9.17) is 9.84 Å². The summed E-state index contributed by atoms with van der Waals surface area (Å²) in [6.07, 6.45) is 6.57. The molecule has 0 saturated carbocycles. The standard InChI is InChI=1S/C13H14N2O3/c16-13(17)9-4-3-6-15-10(9)8-14-12(15)11-5-1-2-7-18-11/h3-4,6,8,11H,1-2,5,7H2,(H,16,17). The molecule has 1 aliphatic heterocycles. The van der Waals surface area contributed by atoms with Gasteiger partial charge < -0.3 is 14.2 Å². The summed E-state index contributed by atoms with van der Waals surface area (Å²) in [5.74, 6) is -0.135. The molecule has 5 nitrogen and oxygen atoms in total. The molecule has 1 aliphatic rings. The first kappa shape index (κ1) is 11.2. The average Bonchev–Trinajstić information content (AvgIpc) is 2.83. The van der Waals surface area contributed by atoms with Gasteiger partial charge in [0.25, 0.3) is 0 Å². The van der Waals surface area contributed by atoms with Gasteiger partial charge in [0.15, 0.2) is 0 Å². The minimum absolute atomic E-state index is 0.0229. The second kappa shape index (κ2) is 4.42. The molecule has 2 aromatic rings. The molecule has 94 valence electrons. The number of carboxylic acids is 1. The van der Waals surface area contributed by atoms with E-state index in [2.05, 4.69) is 4.98 Å². The summed E-state index contributed by atoms with van der Waals surface area (Å²) in [7, 11) is 0. The van der Waals surface area contributed by atoms with Crippen LogP contribution in [0.3, 0.4) is 0 Å². The van der Waals surface area contributed by atoms with E-state index in [-0.39, 0.29) is 11.7 Å². The maximum atomic E-state index is 11.1. The van der Waals surface area contributed by atoms with E-state index in [0.29, 0.717) is 5.52 Å². The number of rotatable bonds is 2. The molecule has 0 aliphatic carbocycles. The molecule has 1 saturated heterocycles. The van der Waals surface area contributed by atoms with Gasteiger partial charge in [-0.15, -0.1) is 0 Å². The van der Waals surface area contributed by atoms with Gasteiger partial charge in [-0.05, 0) is 31.4 Å². The summed E-state index contributed by atoms with van der Waals surface area (Å²) in [6, 6.07) is 3.31. The number of fused-ring (bicyclic) bond motifs is 1. The zero-order valence-electron chi connectivity index (χ0n) is 9.87. The maximum absolute atomic E-state index is 11.1. The molecule has 1 unspecified atom stereocenters. The molecule has 0 spiro atoms. The van der Waals surface area contributed by atoms with Crippen LogP contribution in [0.5, 0.6) is 0 Å². The SMILES string of the molecule is O=C(O)c1cccn2c(C3CCCCO3)ncc12. The van der Waals surface area contributed by atoms with Crippen molar-refractivity contribution in [2.75, 3.05) is 6.61 Å². The number of pyridine rings is 1. The van der Waals surface area contributed by atoms with Crippen molar-refractivity contribution < 1.29 is 14.6 Å². The summed E-state index contributed by atoms with van der Waals surface area (Å²) in [5.41, 5.74) is 0.890. The van der Waals surface area contributed by atoms with Crippen LogP contribution in [0, 0.1) is 0 Å². The van der Waals surface area contributed by atoms with E-state index < -0.39 is 5.97 Å². The van der Waals surface area contributed by atoms with E-state index >= 15 is 0 Å². The van der Waals surface area contributed by atoms with Crippen molar-refractivity contribution in [2.24, 2.45) is 0 Å². The van der Waals surface area contributed by atoms with Crippen molar-refractivity contribution >= 4 is 11.5 Å². The number of imidazole rings is 1. The van der Waals surface area contributed by atoms with Crippen LogP contribution in [0.25, 0.3) is 5.52 Å². The fourth-order valence-corrected chi connectivity index (χ4v) is 2.41. The van der Waals surface area contributed by atoms with Crippen LogP contribution >= 0.6 is 0 Å². The van der Waals surface area contributed by atoms with E-state index in [0.717, 1.165) is 31.7 Å². The number of hydrogen-bond donors (Lipinski definition) is 1. The Morgan fingerprint density at radius 1 is 1.50 bits per heavy atom. The molecule has 0 amide bonds. The average molecular weight is 246 g/mol. The molecule has 5 heteroatoms. The summed E-state index contributed by atoms with van der Waals surface area (Å²) in [5, 5.41) is 9.13. The number of carbonyl (C=O) groups is 1. The monoisotopic (exact) mass is 246 g/mol. The lowest BCUT2D eigenvalue weighted by molar-refractivity contribution is 0.00914. The van der Waals surface area contributed by atoms with Crippen LogP contribution in [0.15, 0.2) is 24.5 Å². The van der Waals surface area contributed by atoms with Crippen LogP contribution in [-0.4, -0.2) is 27.1 Å². The summed E-state index contributed by atoms with van der Waals surface area (Å²) < 4.78 is 7.52. The Morgan fingerprint density at radius 2 is 2.39 bits per heavy atom. The highest BCUT2D eigenvalue weighted by Crippen LogP contribution is 2.28. The molecule has 18 heavy (non-hydrogen) atoms. The van der Waals surface area contributed by atoms with Gasteiger partial charge in [-0.3, -0.25) is 0 Å². The molecule has 3 rings (SSSR count). The number of nitrogens with zero attached hydrogens (tertiary/aromatic N) is 2. The van der Waals surface area contributed by atoms with Crippen molar-refractivity contribution in [1.29, 1.82) is 0 Å². The van der Waals surface area contributed by atoms with Gasteiger partial charge in [0, 0.05) is 12.8 Å². The first-order valence-corrected chi connectivity index (χ1v) is 6.08. The van der Waals surface area contributed by atoms with Crippen LogP contribution in [0.1, 0.15) is 41.5 Å². The topological polar surface area (TPSA) is 63.8 Å². The van der Waals surface area contributed by atoms with Crippen molar-refractivity contribution in [2.45, 2.75) is 25.4 Å². The van der Waals surface area contributed by atoms with Gasteiger partial charge in [-0.1, -0.05) is 0 Å². The zero-order valence-corrected chi connectivity index (χ0v) is 9.87. The minimum atomic E-state index is -0.934. The van der Waals surface area contributed by atoms with Crippen molar-refractivity contribution in [1.82, 2.24) is 9.38 Å². The van der Waals surface area contributed by atoms with Crippen molar-refractivity contribution in [3.63, 3.8) is 0 Å². The number of aromatic nitrogens is 2. The Balaban J connectivity index is 2.08. The zero-order chi connectivity index (χ0) is 12.5. The fraction of sp³-hybridized carbons (Fsp3) is 0.385. The lowest BCUT2D eigenvalue weighted by Crippen LogP contribution is -2.14. The van der Waals surface area contributed by atoms with Crippen LogP contribution in [0.2, 0.25) is 0 Å². The third-order valence-corrected chi connectivity index (χ3v) is 3.30. The Hall–Kier alpha value is -1.88. The normalized spacial score (nSPS) is 20.1. The third kappa shape index (κ3) is 1.76. The number of aromatic carboxylic acids is 1. The molecular weight excluding hydrogens is 232 g/mol. The Bertz CT molecular complexity index is 585. The largest absolute Gasteiger partial charge is 0.478 e. The molecule has 0 radical (unpaired) electrons. The molecule has 0 aromatic carbocycles. The van der Waals surface area contributed by atoms with E-state index in [1.54, 1.807) is 18.3 Å². The maximum Gasteiger partial charge on any atom is 0.337 e. The van der Waals surface area contributed by atoms with E-state index in [1.807, 2.05) is 10.6 Å². The summed E-state index contributed by atoms with van der Waals surface area (Å²) in [4.78, 5) is 15.5. The minimum Gasteiger partial charge on any atom is -0.478 e. The predicted molar refractivity (Wildman–Crippen MR) is 64.7 cm³/mol. The van der Waals surface area contributed by atoms with Crippen LogP contribution in [-0.2, 0) is 4.74 Å². The smallest absolute Gasteiger partial charge is 0.337 e. The quantitative estimate of drug-likeness (QED) is 0.882. The molecular formula is C13H14N2O3. The molecule has 3 heterocycles. The van der Waals surface area contributed by atoms with Gasteiger partial charge in [-0.25, -0.2) is 9.78 Å².